The van der Waals surface area contributed by atoms with Crippen molar-refractivity contribution in [1.82, 2.24) is 0 Å². The smallest absolute Gasteiger partial charge is 0.144 e. The van der Waals surface area contributed by atoms with Crippen molar-refractivity contribution in [2.45, 2.75) is 23.9 Å². The number of aliphatic hydroxyl groups excluding tert-OH is 1. The number of nitrogens with zero attached hydrogens (tertiary/aromatic N) is 3. The van der Waals surface area contributed by atoms with Crippen molar-refractivity contribution in [3.05, 3.63) is 118 Å². The van der Waals surface area contributed by atoms with Gasteiger partial charge >= 0.3 is 0 Å². The third-order valence-corrected chi connectivity index (χ3v) is 5.41. The van der Waals surface area contributed by atoms with Gasteiger partial charge in [0.15, 0.2) is 0 Å². The minimum absolute atomic E-state index is 0.167. The molecule has 3 aromatic carbocycles. The SMILES string of the molecule is [N-]=[N+]=N[C@@H]1COC[C@@H](OC(c2ccccc2)(c2ccccc2)c2ccccc2)[C@H]1O. The van der Waals surface area contributed by atoms with Crippen molar-refractivity contribution in [3.8, 4) is 0 Å². The molecule has 152 valence electrons. The zero-order valence-electron chi connectivity index (χ0n) is 16.4. The van der Waals surface area contributed by atoms with Crippen LogP contribution in [0.15, 0.2) is 96.1 Å². The first-order valence-corrected chi connectivity index (χ1v) is 9.90. The summed E-state index contributed by atoms with van der Waals surface area (Å²) in [6, 6.07) is 29.1. The summed E-state index contributed by atoms with van der Waals surface area (Å²) in [6.45, 7) is 0.368. The van der Waals surface area contributed by atoms with Gasteiger partial charge in [0, 0.05) is 4.91 Å². The fourth-order valence-corrected chi connectivity index (χ4v) is 3.97. The van der Waals surface area contributed by atoms with Crippen molar-refractivity contribution >= 4 is 0 Å². The lowest BCUT2D eigenvalue weighted by Gasteiger charge is -2.42. The van der Waals surface area contributed by atoms with E-state index in [2.05, 4.69) is 10.0 Å². The van der Waals surface area contributed by atoms with Gasteiger partial charge in [0.25, 0.3) is 0 Å². The molecule has 0 spiro atoms. The topological polar surface area (TPSA) is 87.5 Å². The molecule has 0 unspecified atom stereocenters. The third kappa shape index (κ3) is 3.82. The Labute approximate surface area is 175 Å². The first-order chi connectivity index (χ1) is 14.8. The van der Waals surface area contributed by atoms with Gasteiger partial charge in [-0.15, -0.1) is 0 Å². The van der Waals surface area contributed by atoms with E-state index in [0.717, 1.165) is 16.7 Å². The van der Waals surface area contributed by atoms with Gasteiger partial charge in [0.1, 0.15) is 11.7 Å². The van der Waals surface area contributed by atoms with Crippen LogP contribution in [0.25, 0.3) is 10.4 Å². The highest BCUT2D eigenvalue weighted by molar-refractivity contribution is 5.47. The highest BCUT2D eigenvalue weighted by Crippen LogP contribution is 2.42. The Balaban J connectivity index is 1.88. The van der Waals surface area contributed by atoms with Crippen LogP contribution >= 0.6 is 0 Å². The van der Waals surface area contributed by atoms with Crippen LogP contribution in [-0.2, 0) is 15.1 Å². The molecular formula is C24H23N3O3. The summed E-state index contributed by atoms with van der Waals surface area (Å²) >= 11 is 0. The number of hydrogen-bond acceptors (Lipinski definition) is 4. The summed E-state index contributed by atoms with van der Waals surface area (Å²) < 4.78 is 12.4. The number of benzene rings is 3. The van der Waals surface area contributed by atoms with E-state index in [1.807, 2.05) is 91.0 Å². The lowest BCUT2D eigenvalue weighted by atomic mass is 9.79. The lowest BCUT2D eigenvalue weighted by molar-refractivity contribution is -0.164. The molecule has 0 saturated carbocycles. The highest BCUT2D eigenvalue weighted by atomic mass is 16.6. The van der Waals surface area contributed by atoms with E-state index < -0.39 is 23.9 Å². The van der Waals surface area contributed by atoms with Crippen LogP contribution in [0.5, 0.6) is 0 Å². The summed E-state index contributed by atoms with van der Waals surface area (Å²) in [6.07, 6.45) is -1.67. The maximum atomic E-state index is 10.9. The zero-order chi connectivity index (χ0) is 20.8. The second kappa shape index (κ2) is 9.11. The molecule has 0 amide bonds. The fraction of sp³-hybridized carbons (Fsp3) is 0.250. The molecule has 6 nitrogen and oxygen atoms in total. The molecule has 1 fully saturated rings. The summed E-state index contributed by atoms with van der Waals surface area (Å²) in [7, 11) is 0. The van der Waals surface area contributed by atoms with Gasteiger partial charge < -0.3 is 14.6 Å². The van der Waals surface area contributed by atoms with Gasteiger partial charge in [-0.1, -0.05) is 96.1 Å². The lowest BCUT2D eigenvalue weighted by Crippen LogP contribution is -2.51. The van der Waals surface area contributed by atoms with Crippen LogP contribution in [0.4, 0.5) is 0 Å². The fourth-order valence-electron chi connectivity index (χ4n) is 3.97. The molecule has 30 heavy (non-hydrogen) atoms. The molecule has 1 saturated heterocycles. The monoisotopic (exact) mass is 401 g/mol. The molecule has 1 aliphatic rings. The van der Waals surface area contributed by atoms with Gasteiger partial charge in [0.2, 0.25) is 0 Å². The molecule has 1 aliphatic heterocycles. The Kier molecular flexibility index (Phi) is 6.12. The maximum absolute atomic E-state index is 10.9. The van der Waals surface area contributed by atoms with E-state index >= 15 is 0 Å². The molecule has 4 rings (SSSR count). The molecule has 0 bridgehead atoms. The Bertz CT molecular complexity index is 895. The van der Waals surface area contributed by atoms with Crippen molar-refractivity contribution in [1.29, 1.82) is 0 Å². The Hall–Kier alpha value is -3.15. The molecule has 1 N–H and O–H groups in total. The van der Waals surface area contributed by atoms with Crippen molar-refractivity contribution < 1.29 is 14.6 Å². The van der Waals surface area contributed by atoms with Crippen molar-refractivity contribution in [3.63, 3.8) is 0 Å². The average Bonchev–Trinajstić information content (AvgIpc) is 2.82. The first-order valence-electron chi connectivity index (χ1n) is 9.90. The van der Waals surface area contributed by atoms with Crippen LogP contribution in [0.3, 0.4) is 0 Å². The molecule has 3 aromatic rings. The predicted molar refractivity (Wildman–Crippen MR) is 114 cm³/mol. The van der Waals surface area contributed by atoms with Gasteiger partial charge in [-0.05, 0) is 22.2 Å². The number of aliphatic hydroxyl groups is 1. The number of azide groups is 1. The summed E-state index contributed by atoms with van der Waals surface area (Å²) in [5.41, 5.74) is 10.7. The number of rotatable bonds is 6. The van der Waals surface area contributed by atoms with Crippen LogP contribution in [0.1, 0.15) is 16.7 Å². The highest BCUT2D eigenvalue weighted by Gasteiger charge is 2.44. The van der Waals surface area contributed by atoms with Crippen molar-refractivity contribution in [2.24, 2.45) is 5.11 Å². The standard InChI is InChI=1S/C24H23N3O3/c25-27-26-21-16-29-17-22(23(21)28)30-24(18-10-4-1-5-11-18,19-12-6-2-7-13-19)20-14-8-3-9-15-20/h1-15,21-23,28H,16-17H2/t21-,22-,23+/m1/s1. The largest absolute Gasteiger partial charge is 0.390 e. The zero-order valence-corrected chi connectivity index (χ0v) is 16.4. The Morgan fingerprint density at radius 1 is 0.833 bits per heavy atom. The molecule has 3 atom stereocenters. The van der Waals surface area contributed by atoms with Crippen LogP contribution in [0.2, 0.25) is 0 Å². The molecule has 0 aromatic heterocycles. The van der Waals surface area contributed by atoms with Crippen molar-refractivity contribution in [2.75, 3.05) is 13.2 Å². The number of ether oxygens (including phenoxy) is 2. The molecule has 6 heteroatoms. The Morgan fingerprint density at radius 2 is 1.30 bits per heavy atom. The minimum Gasteiger partial charge on any atom is -0.390 e. The van der Waals surface area contributed by atoms with E-state index in [1.165, 1.54) is 0 Å². The van der Waals surface area contributed by atoms with Gasteiger partial charge in [-0.25, -0.2) is 0 Å². The summed E-state index contributed by atoms with van der Waals surface area (Å²) in [5.74, 6) is 0. The molecule has 1 heterocycles. The Morgan fingerprint density at radius 3 is 1.73 bits per heavy atom. The minimum atomic E-state index is -0.981. The molecular weight excluding hydrogens is 378 g/mol. The average molecular weight is 401 g/mol. The van der Waals surface area contributed by atoms with E-state index in [4.69, 9.17) is 15.0 Å². The second-order valence-corrected chi connectivity index (χ2v) is 7.24. The van der Waals surface area contributed by atoms with Gasteiger partial charge in [-0.3, -0.25) is 0 Å². The van der Waals surface area contributed by atoms with E-state index in [0.29, 0.717) is 0 Å². The summed E-state index contributed by atoms with van der Waals surface area (Å²) in [4.78, 5) is 2.84. The molecule has 0 aliphatic carbocycles. The second-order valence-electron chi connectivity index (χ2n) is 7.24. The van der Waals surface area contributed by atoms with Gasteiger partial charge in [0.05, 0.1) is 25.4 Å². The molecule has 0 radical (unpaired) electrons. The summed E-state index contributed by atoms with van der Waals surface area (Å²) in [5, 5.41) is 14.6. The van der Waals surface area contributed by atoms with Crippen LogP contribution in [0, 0.1) is 0 Å². The van der Waals surface area contributed by atoms with E-state index in [1.54, 1.807) is 0 Å². The first kappa shape index (κ1) is 20.1. The predicted octanol–water partition coefficient (Wildman–Crippen LogP) is 4.43. The number of hydrogen-bond donors (Lipinski definition) is 1. The van der Waals surface area contributed by atoms with E-state index in [9.17, 15) is 5.11 Å². The normalized spacial score (nSPS) is 21.6. The van der Waals surface area contributed by atoms with Crippen LogP contribution in [-0.4, -0.2) is 36.6 Å². The quantitative estimate of drug-likeness (QED) is 0.287. The third-order valence-electron chi connectivity index (χ3n) is 5.41. The van der Waals surface area contributed by atoms with E-state index in [-0.39, 0.29) is 13.2 Å². The maximum Gasteiger partial charge on any atom is 0.144 e. The van der Waals surface area contributed by atoms with Crippen LogP contribution < -0.4 is 0 Å². The van der Waals surface area contributed by atoms with Gasteiger partial charge in [-0.2, -0.15) is 0 Å².